The molecule has 1 atom stereocenters. The van der Waals surface area contributed by atoms with Gasteiger partial charge in [-0.1, -0.05) is 24.3 Å². The van der Waals surface area contributed by atoms with Crippen LogP contribution in [0.3, 0.4) is 0 Å². The van der Waals surface area contributed by atoms with Crippen molar-refractivity contribution in [1.29, 1.82) is 0 Å². The van der Waals surface area contributed by atoms with Gasteiger partial charge in [0.25, 0.3) is 0 Å². The lowest BCUT2D eigenvalue weighted by atomic mass is 10.1. The molecule has 146 valence electrons. The summed E-state index contributed by atoms with van der Waals surface area (Å²) in [5, 5.41) is 24.5. The largest absolute Gasteiger partial charge is 0.447 e. The maximum Gasteiger partial charge on any atom is 0.411 e. The third-order valence-corrected chi connectivity index (χ3v) is 3.53. The Bertz CT molecular complexity index is 781. The summed E-state index contributed by atoms with van der Waals surface area (Å²) in [4.78, 5) is 23.7. The maximum absolute atomic E-state index is 11.9. The number of amides is 2. The number of methoxy groups -OCH3 is 1. The highest BCUT2D eigenvalue weighted by Crippen LogP contribution is 2.29. The molecule has 9 nitrogen and oxygen atoms in total. The monoisotopic (exact) mass is 378 g/mol. The number of hydrogen-bond donors (Lipinski definition) is 4. The Hall–Kier alpha value is -2.88. The molecule has 0 fully saturated rings. The van der Waals surface area contributed by atoms with Gasteiger partial charge in [-0.05, 0) is 12.1 Å². The van der Waals surface area contributed by atoms with Gasteiger partial charge in [-0.25, -0.2) is 9.59 Å². The van der Waals surface area contributed by atoms with Crippen LogP contribution in [0.4, 0.5) is 21.0 Å². The zero-order valence-corrected chi connectivity index (χ0v) is 14.8. The Morgan fingerprint density at radius 2 is 1.52 bits per heavy atom. The molecule has 0 bridgehead atoms. The van der Waals surface area contributed by atoms with E-state index in [1.165, 1.54) is 7.11 Å². The molecule has 0 aliphatic carbocycles. The third-order valence-electron chi connectivity index (χ3n) is 3.53. The molecule has 27 heavy (non-hydrogen) atoms. The highest BCUT2D eigenvalue weighted by molar-refractivity contribution is 6.07. The quantitative estimate of drug-likeness (QED) is 0.517. The first-order chi connectivity index (χ1) is 13.0. The average Bonchev–Trinajstić information content (AvgIpc) is 2.67. The van der Waals surface area contributed by atoms with Gasteiger partial charge in [0.15, 0.2) is 0 Å². The number of benzene rings is 2. The van der Waals surface area contributed by atoms with E-state index in [4.69, 9.17) is 19.3 Å². The van der Waals surface area contributed by atoms with Gasteiger partial charge in [0.1, 0.15) is 19.3 Å². The average molecular weight is 378 g/mol. The Kier molecular flexibility index (Phi) is 7.80. The van der Waals surface area contributed by atoms with Gasteiger partial charge >= 0.3 is 12.2 Å². The molecule has 9 heteroatoms. The van der Waals surface area contributed by atoms with E-state index in [-0.39, 0.29) is 13.2 Å². The van der Waals surface area contributed by atoms with E-state index in [0.29, 0.717) is 28.8 Å². The van der Waals surface area contributed by atoms with Crippen molar-refractivity contribution in [3.05, 3.63) is 36.4 Å². The van der Waals surface area contributed by atoms with Gasteiger partial charge in [0, 0.05) is 17.9 Å². The molecule has 0 radical (unpaired) electrons. The molecule has 0 aliphatic heterocycles. The summed E-state index contributed by atoms with van der Waals surface area (Å²) >= 11 is 0. The summed E-state index contributed by atoms with van der Waals surface area (Å²) in [6, 6.07) is 10.4. The second-order valence-electron chi connectivity index (χ2n) is 5.52. The van der Waals surface area contributed by atoms with Crippen LogP contribution in [0.5, 0.6) is 0 Å². The van der Waals surface area contributed by atoms with Crippen LogP contribution >= 0.6 is 0 Å². The molecule has 0 saturated carbocycles. The van der Waals surface area contributed by atoms with E-state index in [1.807, 2.05) is 0 Å². The number of aliphatic hydroxyl groups excluding tert-OH is 2. The first-order valence-corrected chi connectivity index (χ1v) is 8.22. The van der Waals surface area contributed by atoms with E-state index in [9.17, 15) is 14.7 Å². The standard InChI is InChI=1S/C18H22N2O7/c1-25-8-9-26-17(23)19-15-6-2-5-14-13(15)4-3-7-16(14)20-18(24)27-11-12(22)10-21/h2-7,12,21-22H,8-11H2,1H3,(H,19,23)(H,20,24). The fourth-order valence-corrected chi connectivity index (χ4v) is 2.26. The summed E-state index contributed by atoms with van der Waals surface area (Å²) in [5.41, 5.74) is 0.982. The van der Waals surface area contributed by atoms with Crippen LogP contribution in [0.25, 0.3) is 10.8 Å². The van der Waals surface area contributed by atoms with Crippen LogP contribution in [0.15, 0.2) is 36.4 Å². The minimum absolute atomic E-state index is 0.130. The van der Waals surface area contributed by atoms with Crippen molar-refractivity contribution in [2.75, 3.05) is 44.2 Å². The molecule has 2 aromatic rings. The predicted octanol–water partition coefficient (Wildman–Crippen LogP) is 1.94. The molecule has 0 saturated heterocycles. The van der Waals surface area contributed by atoms with E-state index < -0.39 is 24.9 Å². The van der Waals surface area contributed by atoms with Gasteiger partial charge in [0.2, 0.25) is 0 Å². The van der Waals surface area contributed by atoms with Crippen molar-refractivity contribution in [1.82, 2.24) is 0 Å². The number of hydrogen-bond acceptors (Lipinski definition) is 7. The summed E-state index contributed by atoms with van der Waals surface area (Å²) in [6.45, 7) is -0.403. The number of fused-ring (bicyclic) bond motifs is 1. The molecule has 2 aromatic carbocycles. The molecule has 1 unspecified atom stereocenters. The third kappa shape index (κ3) is 6.10. The van der Waals surface area contributed by atoms with Crippen molar-refractivity contribution in [3.8, 4) is 0 Å². The zero-order valence-electron chi connectivity index (χ0n) is 14.8. The molecular weight excluding hydrogens is 356 g/mol. The van der Waals surface area contributed by atoms with Gasteiger partial charge in [-0.15, -0.1) is 0 Å². The number of ether oxygens (including phenoxy) is 3. The SMILES string of the molecule is COCCOC(=O)Nc1cccc2c(NC(=O)OCC(O)CO)cccc12. The summed E-state index contributed by atoms with van der Waals surface area (Å²) in [5.74, 6) is 0. The van der Waals surface area contributed by atoms with E-state index >= 15 is 0 Å². The molecule has 0 aromatic heterocycles. The normalized spacial score (nSPS) is 11.7. The molecule has 0 aliphatic rings. The molecule has 0 heterocycles. The number of carbonyl (C=O) groups excluding carboxylic acids is 2. The summed E-state index contributed by atoms with van der Waals surface area (Å²) in [6.07, 6.45) is -2.52. The van der Waals surface area contributed by atoms with Crippen LogP contribution in [0, 0.1) is 0 Å². The number of anilines is 2. The molecule has 2 amide bonds. The van der Waals surface area contributed by atoms with Gasteiger partial charge < -0.3 is 24.4 Å². The maximum atomic E-state index is 11.9. The highest BCUT2D eigenvalue weighted by Gasteiger charge is 2.12. The van der Waals surface area contributed by atoms with Crippen molar-refractivity contribution < 1.29 is 34.0 Å². The summed E-state index contributed by atoms with van der Waals surface area (Å²) < 4.78 is 14.6. The van der Waals surface area contributed by atoms with Crippen LogP contribution in [0.2, 0.25) is 0 Å². The second-order valence-corrected chi connectivity index (χ2v) is 5.52. The van der Waals surface area contributed by atoms with Crippen LogP contribution in [-0.4, -0.2) is 62.0 Å². The lowest BCUT2D eigenvalue weighted by molar-refractivity contribution is 0.0362. The topological polar surface area (TPSA) is 126 Å². The van der Waals surface area contributed by atoms with Gasteiger partial charge in [-0.3, -0.25) is 10.6 Å². The minimum atomic E-state index is -1.14. The highest BCUT2D eigenvalue weighted by atomic mass is 16.6. The Labute approximate surface area is 155 Å². The Morgan fingerprint density at radius 3 is 2.04 bits per heavy atom. The number of aliphatic hydroxyl groups is 2. The Balaban J connectivity index is 2.11. The summed E-state index contributed by atoms with van der Waals surface area (Å²) in [7, 11) is 1.51. The lowest BCUT2D eigenvalue weighted by Gasteiger charge is -2.13. The zero-order chi connectivity index (χ0) is 19.6. The second kappa shape index (κ2) is 10.3. The van der Waals surface area contributed by atoms with E-state index in [0.717, 1.165) is 0 Å². The number of rotatable bonds is 8. The fraction of sp³-hybridized carbons (Fsp3) is 0.333. The first-order valence-electron chi connectivity index (χ1n) is 8.22. The van der Waals surface area contributed by atoms with Crippen molar-refractivity contribution in [2.24, 2.45) is 0 Å². The van der Waals surface area contributed by atoms with Gasteiger partial charge in [-0.2, -0.15) is 0 Å². The first kappa shape index (κ1) is 20.4. The molecule has 0 spiro atoms. The fourth-order valence-electron chi connectivity index (χ4n) is 2.26. The van der Waals surface area contributed by atoms with Crippen molar-refractivity contribution in [3.63, 3.8) is 0 Å². The van der Waals surface area contributed by atoms with Crippen LogP contribution in [-0.2, 0) is 14.2 Å². The van der Waals surface area contributed by atoms with Crippen LogP contribution < -0.4 is 10.6 Å². The van der Waals surface area contributed by atoms with Crippen molar-refractivity contribution >= 4 is 34.3 Å². The number of nitrogens with one attached hydrogen (secondary N) is 2. The smallest absolute Gasteiger partial charge is 0.411 e. The molecule has 2 rings (SSSR count). The minimum Gasteiger partial charge on any atom is -0.447 e. The van der Waals surface area contributed by atoms with Crippen molar-refractivity contribution in [2.45, 2.75) is 6.10 Å². The number of carbonyl (C=O) groups is 2. The molecule has 4 N–H and O–H groups in total. The Morgan fingerprint density at radius 1 is 0.963 bits per heavy atom. The lowest BCUT2D eigenvalue weighted by Crippen LogP contribution is -2.24. The van der Waals surface area contributed by atoms with E-state index in [2.05, 4.69) is 10.6 Å². The van der Waals surface area contributed by atoms with Gasteiger partial charge in [0.05, 0.1) is 24.6 Å². The van der Waals surface area contributed by atoms with E-state index in [1.54, 1.807) is 36.4 Å². The predicted molar refractivity (Wildman–Crippen MR) is 98.9 cm³/mol. The molecular formula is C18H22N2O7. The van der Waals surface area contributed by atoms with Crippen LogP contribution in [0.1, 0.15) is 0 Å².